The van der Waals surface area contributed by atoms with Gasteiger partial charge in [0.05, 0.1) is 31.3 Å². The van der Waals surface area contributed by atoms with Gasteiger partial charge in [0, 0.05) is 32.7 Å². The highest BCUT2D eigenvalue weighted by Crippen LogP contribution is 2.18. The van der Waals surface area contributed by atoms with Crippen molar-refractivity contribution in [3.63, 3.8) is 0 Å². The van der Waals surface area contributed by atoms with Gasteiger partial charge in [0.25, 0.3) is 0 Å². The molecule has 0 spiro atoms. The molecular formula is C14H27N3O2. The average Bonchev–Trinajstić information content (AvgIpc) is 2.43. The minimum Gasteiger partial charge on any atom is -0.395 e. The molecule has 0 aromatic carbocycles. The Balaban J connectivity index is 2.29. The number of nitrogens with zero attached hydrogens (tertiary/aromatic N) is 3. The van der Waals surface area contributed by atoms with Crippen molar-refractivity contribution in [1.82, 2.24) is 9.80 Å². The Morgan fingerprint density at radius 1 is 1.26 bits per heavy atom. The monoisotopic (exact) mass is 269 g/mol. The van der Waals surface area contributed by atoms with Gasteiger partial charge in [-0.05, 0) is 26.8 Å². The van der Waals surface area contributed by atoms with Crippen molar-refractivity contribution in [3.05, 3.63) is 0 Å². The third-order valence-electron chi connectivity index (χ3n) is 3.61. The SMILES string of the molecule is CC(C)(C#N)CCN(CCO)CCN1CCOCC1. The molecule has 5 nitrogen and oxygen atoms in total. The molecule has 110 valence electrons. The van der Waals surface area contributed by atoms with E-state index in [1.807, 2.05) is 13.8 Å². The summed E-state index contributed by atoms with van der Waals surface area (Å²) >= 11 is 0. The van der Waals surface area contributed by atoms with E-state index < -0.39 is 0 Å². The summed E-state index contributed by atoms with van der Waals surface area (Å²) in [6, 6.07) is 2.33. The molecule has 0 unspecified atom stereocenters. The molecule has 0 amide bonds. The van der Waals surface area contributed by atoms with Gasteiger partial charge in [0.1, 0.15) is 0 Å². The average molecular weight is 269 g/mol. The first-order valence-electron chi connectivity index (χ1n) is 7.12. The van der Waals surface area contributed by atoms with E-state index in [2.05, 4.69) is 15.9 Å². The fourth-order valence-corrected chi connectivity index (χ4v) is 2.08. The van der Waals surface area contributed by atoms with Crippen molar-refractivity contribution in [2.75, 3.05) is 59.1 Å². The van der Waals surface area contributed by atoms with E-state index in [4.69, 9.17) is 15.1 Å². The largest absolute Gasteiger partial charge is 0.395 e. The summed E-state index contributed by atoms with van der Waals surface area (Å²) in [6.07, 6.45) is 0.840. The van der Waals surface area contributed by atoms with Crippen LogP contribution in [-0.2, 0) is 4.74 Å². The molecule has 0 aliphatic carbocycles. The lowest BCUT2D eigenvalue weighted by molar-refractivity contribution is 0.0321. The van der Waals surface area contributed by atoms with Crippen LogP contribution in [0, 0.1) is 16.7 Å². The lowest BCUT2D eigenvalue weighted by atomic mass is 9.91. The van der Waals surface area contributed by atoms with E-state index in [1.54, 1.807) is 0 Å². The van der Waals surface area contributed by atoms with E-state index in [0.29, 0.717) is 6.54 Å². The van der Waals surface area contributed by atoms with Crippen LogP contribution in [0.5, 0.6) is 0 Å². The van der Waals surface area contributed by atoms with Crippen molar-refractivity contribution in [3.8, 4) is 6.07 Å². The van der Waals surface area contributed by atoms with Crippen LogP contribution in [0.4, 0.5) is 0 Å². The van der Waals surface area contributed by atoms with Crippen LogP contribution >= 0.6 is 0 Å². The molecule has 1 rings (SSSR count). The second kappa shape index (κ2) is 8.49. The molecule has 0 saturated carbocycles. The van der Waals surface area contributed by atoms with Gasteiger partial charge >= 0.3 is 0 Å². The van der Waals surface area contributed by atoms with Crippen molar-refractivity contribution in [1.29, 1.82) is 5.26 Å². The number of rotatable bonds is 8. The Morgan fingerprint density at radius 2 is 1.95 bits per heavy atom. The van der Waals surface area contributed by atoms with Crippen LogP contribution in [0.2, 0.25) is 0 Å². The molecule has 5 heteroatoms. The van der Waals surface area contributed by atoms with Gasteiger partial charge < -0.3 is 9.84 Å². The second-order valence-electron chi connectivity index (χ2n) is 5.76. The quantitative estimate of drug-likeness (QED) is 0.697. The fraction of sp³-hybridized carbons (Fsp3) is 0.929. The van der Waals surface area contributed by atoms with Gasteiger partial charge in [-0.2, -0.15) is 5.26 Å². The maximum absolute atomic E-state index is 9.12. The zero-order valence-electron chi connectivity index (χ0n) is 12.3. The minimum atomic E-state index is -0.285. The summed E-state index contributed by atoms with van der Waals surface area (Å²) in [5.41, 5.74) is -0.285. The molecule has 1 N–H and O–H groups in total. The van der Waals surface area contributed by atoms with Crippen molar-refractivity contribution >= 4 is 0 Å². The molecule has 0 aromatic rings. The normalized spacial score (nSPS) is 17.6. The van der Waals surface area contributed by atoms with Crippen LogP contribution in [0.15, 0.2) is 0 Å². The van der Waals surface area contributed by atoms with Crippen molar-refractivity contribution in [2.45, 2.75) is 20.3 Å². The number of hydrogen-bond donors (Lipinski definition) is 1. The van der Waals surface area contributed by atoms with E-state index in [0.717, 1.165) is 52.4 Å². The standard InChI is InChI=1S/C14H27N3O2/c1-14(2,13-15)3-4-16(7-10-18)5-6-17-8-11-19-12-9-17/h18H,3-12H2,1-2H3. The number of hydrogen-bond acceptors (Lipinski definition) is 5. The number of morpholine rings is 1. The summed E-state index contributed by atoms with van der Waals surface area (Å²) in [6.45, 7) is 11.3. The smallest absolute Gasteiger partial charge is 0.0684 e. The predicted octanol–water partition coefficient (Wildman–Crippen LogP) is 0.553. The van der Waals surface area contributed by atoms with Gasteiger partial charge in [0.2, 0.25) is 0 Å². The Bertz CT molecular complexity index is 283. The first-order valence-corrected chi connectivity index (χ1v) is 7.12. The zero-order valence-corrected chi connectivity index (χ0v) is 12.3. The van der Waals surface area contributed by atoms with E-state index in [1.165, 1.54) is 0 Å². The first kappa shape index (κ1) is 16.4. The molecule has 0 atom stereocenters. The molecule has 0 bridgehead atoms. The molecule has 0 radical (unpaired) electrons. The lowest BCUT2D eigenvalue weighted by Gasteiger charge is -2.30. The minimum absolute atomic E-state index is 0.177. The van der Waals surface area contributed by atoms with Crippen LogP contribution < -0.4 is 0 Å². The Kier molecular flexibility index (Phi) is 7.32. The number of ether oxygens (including phenoxy) is 1. The summed E-state index contributed by atoms with van der Waals surface area (Å²) in [7, 11) is 0. The predicted molar refractivity (Wildman–Crippen MR) is 74.8 cm³/mol. The summed E-state index contributed by atoms with van der Waals surface area (Å²) in [5, 5.41) is 18.2. The highest BCUT2D eigenvalue weighted by atomic mass is 16.5. The molecular weight excluding hydrogens is 242 g/mol. The summed E-state index contributed by atoms with van der Waals surface area (Å²) in [5.74, 6) is 0. The van der Waals surface area contributed by atoms with Crippen LogP contribution in [-0.4, -0.2) is 74.0 Å². The Labute approximate surface area is 116 Å². The van der Waals surface area contributed by atoms with Gasteiger partial charge in [-0.3, -0.25) is 9.80 Å². The maximum atomic E-state index is 9.12. The van der Waals surface area contributed by atoms with Crippen LogP contribution in [0.3, 0.4) is 0 Å². The van der Waals surface area contributed by atoms with Crippen molar-refractivity contribution < 1.29 is 9.84 Å². The molecule has 1 aliphatic heterocycles. The van der Waals surface area contributed by atoms with E-state index in [9.17, 15) is 0 Å². The molecule has 1 saturated heterocycles. The molecule has 0 aromatic heterocycles. The summed E-state index contributed by atoms with van der Waals surface area (Å²) in [4.78, 5) is 4.64. The highest BCUT2D eigenvalue weighted by Gasteiger charge is 2.19. The molecule has 1 heterocycles. The Hall–Kier alpha value is -0.670. The fourth-order valence-electron chi connectivity index (χ4n) is 2.08. The van der Waals surface area contributed by atoms with Gasteiger partial charge in [0.15, 0.2) is 0 Å². The first-order chi connectivity index (χ1) is 9.07. The van der Waals surface area contributed by atoms with Gasteiger partial charge in [-0.25, -0.2) is 0 Å². The third-order valence-corrected chi connectivity index (χ3v) is 3.61. The van der Waals surface area contributed by atoms with Gasteiger partial charge in [-0.15, -0.1) is 0 Å². The van der Waals surface area contributed by atoms with Gasteiger partial charge in [-0.1, -0.05) is 0 Å². The second-order valence-corrected chi connectivity index (χ2v) is 5.76. The maximum Gasteiger partial charge on any atom is 0.0684 e. The van der Waals surface area contributed by atoms with E-state index >= 15 is 0 Å². The summed E-state index contributed by atoms with van der Waals surface area (Å²) < 4.78 is 5.33. The third kappa shape index (κ3) is 6.88. The molecule has 1 fully saturated rings. The van der Waals surface area contributed by atoms with Crippen molar-refractivity contribution in [2.24, 2.45) is 5.41 Å². The zero-order chi connectivity index (χ0) is 14.1. The molecule has 1 aliphatic rings. The lowest BCUT2D eigenvalue weighted by Crippen LogP contribution is -2.42. The molecule has 19 heavy (non-hydrogen) atoms. The number of nitriles is 1. The topological polar surface area (TPSA) is 59.7 Å². The number of aliphatic hydroxyl groups is 1. The number of aliphatic hydroxyl groups excluding tert-OH is 1. The van der Waals surface area contributed by atoms with Crippen LogP contribution in [0.1, 0.15) is 20.3 Å². The van der Waals surface area contributed by atoms with E-state index in [-0.39, 0.29) is 12.0 Å². The Morgan fingerprint density at radius 3 is 2.53 bits per heavy atom. The van der Waals surface area contributed by atoms with Crippen LogP contribution in [0.25, 0.3) is 0 Å². The highest BCUT2D eigenvalue weighted by molar-refractivity contribution is 4.92.